The summed E-state index contributed by atoms with van der Waals surface area (Å²) >= 11 is 0. The Hall–Kier alpha value is -1.63. The quantitative estimate of drug-likeness (QED) is 0.694. The summed E-state index contributed by atoms with van der Waals surface area (Å²) in [5, 5.41) is 0. The van der Waals surface area contributed by atoms with Crippen LogP contribution in [0.25, 0.3) is 0 Å². The van der Waals surface area contributed by atoms with E-state index in [4.69, 9.17) is 0 Å². The topological polar surface area (TPSA) is 17.1 Å². The van der Waals surface area contributed by atoms with E-state index < -0.39 is 0 Å². The highest BCUT2D eigenvalue weighted by Gasteiger charge is 2.14. The molecule has 0 unspecified atom stereocenters. The molecular weight excluding hydrogens is 196 g/mol. The molecule has 0 bridgehead atoms. The first kappa shape index (κ1) is 10.9. The summed E-state index contributed by atoms with van der Waals surface area (Å²) in [7, 11) is 0. The molecule has 1 aliphatic carbocycles. The Kier molecular flexibility index (Phi) is 3.04. The Morgan fingerprint density at radius 1 is 1.19 bits per heavy atom. The Bertz CT molecular complexity index is 463. The lowest BCUT2D eigenvalue weighted by molar-refractivity contribution is 0.0992. The van der Waals surface area contributed by atoms with Gasteiger partial charge in [0.1, 0.15) is 0 Å². The number of Topliss-reactive ketones (excluding diaryl/α,β-unsaturated/α-hetero) is 1. The van der Waals surface area contributed by atoms with Crippen LogP contribution in [0.5, 0.6) is 0 Å². The number of ketones is 1. The fraction of sp³-hybridized carbons (Fsp3) is 0.267. The van der Waals surface area contributed by atoms with Crippen molar-refractivity contribution in [3.63, 3.8) is 0 Å². The summed E-state index contributed by atoms with van der Waals surface area (Å²) in [5.41, 5.74) is 4.70. The largest absolute Gasteiger partial charge is 0.294 e. The Morgan fingerprint density at radius 2 is 1.88 bits per heavy atom. The van der Waals surface area contributed by atoms with Crippen LogP contribution in [-0.2, 0) is 0 Å². The number of carbonyl (C=O) groups excluding carboxylic acids is 1. The maximum absolute atomic E-state index is 12.0. The lowest BCUT2D eigenvalue weighted by atomic mass is 10.00. The van der Waals surface area contributed by atoms with E-state index in [1.54, 1.807) is 0 Å². The molecule has 0 aliphatic heterocycles. The number of hydrogen-bond acceptors (Lipinski definition) is 1. The molecule has 2 rings (SSSR count). The van der Waals surface area contributed by atoms with Gasteiger partial charge < -0.3 is 0 Å². The Balaban J connectivity index is 2.08. The van der Waals surface area contributed by atoms with Crippen LogP contribution in [-0.4, -0.2) is 5.78 Å². The molecule has 0 amide bonds. The highest BCUT2D eigenvalue weighted by atomic mass is 16.1. The molecule has 0 atom stereocenters. The number of rotatable bonds is 3. The zero-order chi connectivity index (χ0) is 11.5. The van der Waals surface area contributed by atoms with Crippen molar-refractivity contribution in [1.29, 1.82) is 0 Å². The van der Waals surface area contributed by atoms with Crippen molar-refractivity contribution in [2.24, 2.45) is 0 Å². The number of hydrogen-bond donors (Lipinski definition) is 0. The predicted molar refractivity (Wildman–Crippen MR) is 66.5 cm³/mol. The maximum atomic E-state index is 12.0. The summed E-state index contributed by atoms with van der Waals surface area (Å²) in [4.78, 5) is 12.0. The third-order valence-corrected chi connectivity index (χ3v) is 2.98. The van der Waals surface area contributed by atoms with Gasteiger partial charge in [0, 0.05) is 12.0 Å². The molecular formula is C15H16O. The molecule has 1 aromatic carbocycles. The highest BCUT2D eigenvalue weighted by Crippen LogP contribution is 2.28. The van der Waals surface area contributed by atoms with Gasteiger partial charge >= 0.3 is 0 Å². The minimum atomic E-state index is 0.220. The monoisotopic (exact) mass is 212 g/mol. The Morgan fingerprint density at radius 3 is 2.44 bits per heavy atom. The van der Waals surface area contributed by atoms with Gasteiger partial charge in [-0.15, -0.1) is 0 Å². The van der Waals surface area contributed by atoms with E-state index in [9.17, 15) is 4.79 Å². The van der Waals surface area contributed by atoms with Gasteiger partial charge in [-0.1, -0.05) is 53.1 Å². The average Bonchev–Trinajstić information content (AvgIpc) is 2.59. The van der Waals surface area contributed by atoms with Crippen LogP contribution in [0, 0.1) is 0 Å². The van der Waals surface area contributed by atoms with Crippen LogP contribution in [0.4, 0.5) is 0 Å². The molecule has 82 valence electrons. The first-order valence-corrected chi connectivity index (χ1v) is 5.61. The van der Waals surface area contributed by atoms with E-state index in [1.165, 1.54) is 16.7 Å². The van der Waals surface area contributed by atoms with Gasteiger partial charge in [-0.3, -0.25) is 4.79 Å². The van der Waals surface area contributed by atoms with E-state index in [2.05, 4.69) is 19.9 Å². The van der Waals surface area contributed by atoms with E-state index in [0.29, 0.717) is 6.42 Å². The standard InChI is InChI=1S/C15H16O/c1-11-8-12(2)14(9-11)10-15(16)13-6-4-3-5-7-13/h3-8H,9-10H2,1-2H3. The molecule has 1 nitrogen and oxygen atoms in total. The fourth-order valence-corrected chi connectivity index (χ4v) is 2.12. The number of allylic oxidation sites excluding steroid dienone is 4. The molecule has 1 aliphatic rings. The summed E-state index contributed by atoms with van der Waals surface area (Å²) in [6.07, 6.45) is 3.70. The maximum Gasteiger partial charge on any atom is 0.166 e. The van der Waals surface area contributed by atoms with Gasteiger partial charge in [0.05, 0.1) is 0 Å². The second kappa shape index (κ2) is 4.48. The molecule has 0 heterocycles. The molecule has 0 fully saturated rings. The minimum Gasteiger partial charge on any atom is -0.294 e. The molecule has 1 aromatic rings. The van der Waals surface area contributed by atoms with Crippen molar-refractivity contribution in [2.75, 3.05) is 0 Å². The van der Waals surface area contributed by atoms with Gasteiger partial charge in [-0.25, -0.2) is 0 Å². The molecule has 0 aromatic heterocycles. The van der Waals surface area contributed by atoms with Gasteiger partial charge in [0.25, 0.3) is 0 Å². The third-order valence-electron chi connectivity index (χ3n) is 2.98. The van der Waals surface area contributed by atoms with E-state index in [0.717, 1.165) is 12.0 Å². The second-order valence-electron chi connectivity index (χ2n) is 4.42. The average molecular weight is 212 g/mol. The molecule has 0 radical (unpaired) electrons. The normalized spacial score (nSPS) is 15.2. The van der Waals surface area contributed by atoms with E-state index >= 15 is 0 Å². The lowest BCUT2D eigenvalue weighted by Gasteiger charge is -2.04. The van der Waals surface area contributed by atoms with Crippen LogP contribution in [0.15, 0.2) is 53.1 Å². The van der Waals surface area contributed by atoms with Crippen molar-refractivity contribution in [3.8, 4) is 0 Å². The molecule has 0 N–H and O–H groups in total. The van der Waals surface area contributed by atoms with Crippen molar-refractivity contribution in [3.05, 3.63) is 58.7 Å². The number of carbonyl (C=O) groups is 1. The van der Waals surface area contributed by atoms with Gasteiger partial charge in [-0.05, 0) is 20.3 Å². The predicted octanol–water partition coefficient (Wildman–Crippen LogP) is 3.93. The summed E-state index contributed by atoms with van der Waals surface area (Å²) < 4.78 is 0. The zero-order valence-corrected chi connectivity index (χ0v) is 9.79. The van der Waals surface area contributed by atoms with Crippen LogP contribution in [0.1, 0.15) is 37.0 Å². The molecule has 0 saturated carbocycles. The Labute approximate surface area is 96.5 Å². The van der Waals surface area contributed by atoms with Crippen molar-refractivity contribution >= 4 is 5.78 Å². The molecule has 0 spiro atoms. The highest BCUT2D eigenvalue weighted by molar-refractivity contribution is 5.97. The van der Waals surface area contributed by atoms with Crippen LogP contribution in [0.3, 0.4) is 0 Å². The van der Waals surface area contributed by atoms with Crippen molar-refractivity contribution in [2.45, 2.75) is 26.7 Å². The molecule has 16 heavy (non-hydrogen) atoms. The summed E-state index contributed by atoms with van der Waals surface area (Å²) in [6, 6.07) is 9.52. The van der Waals surface area contributed by atoms with Crippen LogP contribution < -0.4 is 0 Å². The van der Waals surface area contributed by atoms with Gasteiger partial charge in [0.2, 0.25) is 0 Å². The van der Waals surface area contributed by atoms with Gasteiger partial charge in [-0.2, -0.15) is 0 Å². The van der Waals surface area contributed by atoms with E-state index in [-0.39, 0.29) is 5.78 Å². The smallest absolute Gasteiger partial charge is 0.166 e. The second-order valence-corrected chi connectivity index (χ2v) is 4.42. The minimum absolute atomic E-state index is 0.220. The van der Waals surface area contributed by atoms with Crippen LogP contribution >= 0.6 is 0 Å². The lowest BCUT2D eigenvalue weighted by Crippen LogP contribution is -2.00. The first-order chi connectivity index (χ1) is 7.66. The zero-order valence-electron chi connectivity index (χ0n) is 9.79. The molecule has 1 heteroatoms. The van der Waals surface area contributed by atoms with Crippen molar-refractivity contribution < 1.29 is 4.79 Å². The van der Waals surface area contributed by atoms with E-state index in [1.807, 2.05) is 30.3 Å². The summed E-state index contributed by atoms with van der Waals surface area (Å²) in [5.74, 6) is 0.220. The first-order valence-electron chi connectivity index (χ1n) is 5.61. The van der Waals surface area contributed by atoms with Crippen molar-refractivity contribution in [1.82, 2.24) is 0 Å². The number of benzene rings is 1. The van der Waals surface area contributed by atoms with Gasteiger partial charge in [0.15, 0.2) is 5.78 Å². The third kappa shape index (κ3) is 2.30. The fourth-order valence-electron chi connectivity index (χ4n) is 2.12. The summed E-state index contributed by atoms with van der Waals surface area (Å²) in [6.45, 7) is 4.20. The van der Waals surface area contributed by atoms with Crippen LogP contribution in [0.2, 0.25) is 0 Å². The SMILES string of the molecule is CC1=CC(C)=C(CC(=O)c2ccccc2)C1. The molecule has 0 saturated heterocycles.